The van der Waals surface area contributed by atoms with E-state index in [-0.39, 0.29) is 0 Å². The Labute approximate surface area is 301 Å². The van der Waals surface area contributed by atoms with Gasteiger partial charge in [-0.1, -0.05) is 182 Å². The summed E-state index contributed by atoms with van der Waals surface area (Å²) in [5, 5.41) is 0. The van der Waals surface area contributed by atoms with Crippen LogP contribution in [0.1, 0.15) is 47.2 Å². The number of benzene rings is 6. The number of hydrogen-bond acceptors (Lipinski definition) is 2. The van der Waals surface area contributed by atoms with Crippen molar-refractivity contribution in [3.8, 4) is 0 Å². The van der Waals surface area contributed by atoms with Crippen molar-refractivity contribution in [3.63, 3.8) is 0 Å². The van der Waals surface area contributed by atoms with Crippen molar-refractivity contribution in [1.82, 2.24) is 0 Å². The molecular formula is C46H48N2Si2. The summed E-state index contributed by atoms with van der Waals surface area (Å²) in [5.41, 5.74) is 10.3. The Balaban J connectivity index is 1.48. The van der Waals surface area contributed by atoms with Gasteiger partial charge >= 0.3 is 0 Å². The molecule has 0 heterocycles. The summed E-state index contributed by atoms with van der Waals surface area (Å²) in [6, 6.07) is 71.9. The molecule has 0 aliphatic heterocycles. The Morgan fingerprint density at radius 2 is 0.460 bits per heavy atom. The number of nitrogens with zero attached hydrogens (tertiary/aromatic N) is 2. The van der Waals surface area contributed by atoms with Crippen LogP contribution in [0, 0.1) is 0 Å². The van der Waals surface area contributed by atoms with Crippen LogP contribution in [0.5, 0.6) is 0 Å². The van der Waals surface area contributed by atoms with E-state index in [4.69, 9.17) is 9.32 Å². The fraction of sp³-hybridized carbons (Fsp3) is 0.174. The average molecular weight is 685 g/mol. The van der Waals surface area contributed by atoms with Gasteiger partial charge in [0.1, 0.15) is 0 Å². The van der Waals surface area contributed by atoms with Gasteiger partial charge in [0, 0.05) is 11.4 Å². The highest BCUT2D eigenvalue weighted by Gasteiger charge is 2.37. The van der Waals surface area contributed by atoms with Gasteiger partial charge in [-0.15, -0.1) is 0 Å². The Hall–Kier alpha value is -4.91. The maximum atomic E-state index is 5.95. The molecule has 0 radical (unpaired) electrons. The predicted molar refractivity (Wildman–Crippen MR) is 219 cm³/mol. The standard InChI is InChI=1S/C46H48N2Si2/c1-39(47-49(33-41-21-9-3-10-22-41,34-42-23-11-4-12-24-42)35-43-25-13-5-14-26-43)40(2)48-50(36-44-27-15-6-16-28-44,37-45-29-17-7-18-30-45)38-46-31-19-8-20-32-46/h3-32H,33-38H2,1-2H3. The lowest BCUT2D eigenvalue weighted by Crippen LogP contribution is -2.45. The van der Waals surface area contributed by atoms with Crippen LogP contribution in [0.3, 0.4) is 0 Å². The zero-order valence-corrected chi connectivity index (χ0v) is 31.5. The normalized spacial score (nSPS) is 12.5. The molecule has 0 bridgehead atoms. The Morgan fingerprint density at radius 1 is 0.300 bits per heavy atom. The third-order valence-corrected chi connectivity index (χ3v) is 17.6. The molecule has 0 fully saturated rings. The van der Waals surface area contributed by atoms with Crippen LogP contribution in [0.4, 0.5) is 0 Å². The Morgan fingerprint density at radius 3 is 0.620 bits per heavy atom. The van der Waals surface area contributed by atoms with Crippen molar-refractivity contribution in [2.45, 2.75) is 50.1 Å². The van der Waals surface area contributed by atoms with E-state index < -0.39 is 16.5 Å². The minimum Gasteiger partial charge on any atom is -0.323 e. The smallest absolute Gasteiger partial charge is 0.194 e. The number of hydrogen-bond donors (Lipinski definition) is 0. The predicted octanol–water partition coefficient (Wildman–Crippen LogP) is 10.5. The molecule has 6 aromatic carbocycles. The first kappa shape index (κ1) is 34.9. The minimum atomic E-state index is -2.42. The zero-order valence-electron chi connectivity index (χ0n) is 29.5. The zero-order chi connectivity index (χ0) is 34.5. The van der Waals surface area contributed by atoms with Gasteiger partial charge in [-0.05, 0) is 83.5 Å². The van der Waals surface area contributed by atoms with Crippen molar-refractivity contribution in [2.24, 2.45) is 9.32 Å². The van der Waals surface area contributed by atoms with E-state index in [9.17, 15) is 0 Å². The third kappa shape index (κ3) is 10.1. The van der Waals surface area contributed by atoms with Crippen LogP contribution in [0.25, 0.3) is 0 Å². The van der Waals surface area contributed by atoms with Crippen molar-refractivity contribution < 1.29 is 0 Å². The molecule has 0 aliphatic carbocycles. The molecule has 0 amide bonds. The molecule has 4 heteroatoms. The lowest BCUT2D eigenvalue weighted by atomic mass is 10.2. The first-order valence-electron chi connectivity index (χ1n) is 17.9. The SMILES string of the molecule is CC(=N[Si](Cc1ccccc1)(Cc1ccccc1)Cc1ccccc1)C(C)=N[Si](Cc1ccccc1)(Cc1ccccc1)Cc1ccccc1. The highest BCUT2D eigenvalue weighted by molar-refractivity contribution is 6.81. The fourth-order valence-electron chi connectivity index (χ4n) is 7.34. The molecule has 6 rings (SSSR count). The van der Waals surface area contributed by atoms with Crippen molar-refractivity contribution in [1.29, 1.82) is 0 Å². The first-order valence-corrected chi connectivity index (χ1v) is 23.0. The van der Waals surface area contributed by atoms with Gasteiger partial charge in [-0.2, -0.15) is 0 Å². The molecule has 0 aliphatic rings. The van der Waals surface area contributed by atoms with Crippen LogP contribution in [-0.2, 0) is 36.3 Å². The van der Waals surface area contributed by atoms with Gasteiger partial charge in [-0.25, -0.2) is 0 Å². The summed E-state index contributed by atoms with van der Waals surface area (Å²) < 4.78 is 11.9. The van der Waals surface area contributed by atoms with E-state index in [1.165, 1.54) is 33.4 Å². The van der Waals surface area contributed by atoms with E-state index in [0.29, 0.717) is 0 Å². The van der Waals surface area contributed by atoms with Crippen LogP contribution in [-0.4, -0.2) is 27.9 Å². The molecule has 6 aromatic rings. The molecule has 0 N–H and O–H groups in total. The van der Waals surface area contributed by atoms with E-state index in [2.05, 4.69) is 196 Å². The highest BCUT2D eigenvalue weighted by atomic mass is 28.3. The Bertz CT molecular complexity index is 1600. The topological polar surface area (TPSA) is 24.7 Å². The maximum Gasteiger partial charge on any atom is 0.194 e. The summed E-state index contributed by atoms with van der Waals surface area (Å²) in [7, 11) is -4.84. The van der Waals surface area contributed by atoms with Crippen LogP contribution in [0.15, 0.2) is 191 Å². The first-order chi connectivity index (χ1) is 24.5. The van der Waals surface area contributed by atoms with E-state index in [1.54, 1.807) is 0 Å². The second kappa shape index (κ2) is 17.2. The van der Waals surface area contributed by atoms with Crippen molar-refractivity contribution >= 4 is 27.9 Å². The molecular weight excluding hydrogens is 637 g/mol. The molecule has 0 unspecified atom stereocenters. The largest absolute Gasteiger partial charge is 0.323 e. The molecule has 0 atom stereocenters. The quantitative estimate of drug-likeness (QED) is 0.0760. The van der Waals surface area contributed by atoms with Crippen molar-refractivity contribution in [3.05, 3.63) is 215 Å². The number of rotatable bonds is 15. The summed E-state index contributed by atoms with van der Waals surface area (Å²) in [6.07, 6.45) is 0. The van der Waals surface area contributed by atoms with Gasteiger partial charge in [0.15, 0.2) is 16.5 Å². The Kier molecular flexibility index (Phi) is 12.0. The second-order valence-electron chi connectivity index (χ2n) is 13.8. The highest BCUT2D eigenvalue weighted by Crippen LogP contribution is 2.27. The summed E-state index contributed by atoms with van der Waals surface area (Å²) in [5.74, 6) is 0. The molecule has 0 saturated carbocycles. The van der Waals surface area contributed by atoms with E-state index >= 15 is 0 Å². The van der Waals surface area contributed by atoms with Gasteiger partial charge < -0.3 is 9.32 Å². The molecule has 250 valence electrons. The monoisotopic (exact) mass is 684 g/mol. The average Bonchev–Trinajstić information content (AvgIpc) is 3.14. The van der Waals surface area contributed by atoms with Crippen LogP contribution in [0.2, 0.25) is 0 Å². The summed E-state index contributed by atoms with van der Waals surface area (Å²) in [4.78, 5) is 0. The van der Waals surface area contributed by atoms with Crippen molar-refractivity contribution in [2.75, 3.05) is 0 Å². The van der Waals surface area contributed by atoms with E-state index in [0.717, 1.165) is 47.7 Å². The van der Waals surface area contributed by atoms with Crippen LogP contribution >= 0.6 is 0 Å². The van der Waals surface area contributed by atoms with Gasteiger partial charge in [0.05, 0.1) is 0 Å². The molecule has 2 nitrogen and oxygen atoms in total. The van der Waals surface area contributed by atoms with Gasteiger partial charge in [0.2, 0.25) is 0 Å². The lowest BCUT2D eigenvalue weighted by Gasteiger charge is -2.31. The second-order valence-corrected chi connectivity index (χ2v) is 21.3. The molecule has 0 aromatic heterocycles. The van der Waals surface area contributed by atoms with E-state index in [1.807, 2.05) is 0 Å². The molecule has 0 spiro atoms. The molecule has 0 saturated heterocycles. The summed E-state index contributed by atoms with van der Waals surface area (Å²) in [6.45, 7) is 4.46. The summed E-state index contributed by atoms with van der Waals surface area (Å²) >= 11 is 0. The van der Waals surface area contributed by atoms with Crippen LogP contribution < -0.4 is 0 Å². The minimum absolute atomic E-state index is 0.975. The lowest BCUT2D eigenvalue weighted by molar-refractivity contribution is 1.10. The fourth-order valence-corrected chi connectivity index (χ4v) is 16.3. The van der Waals surface area contributed by atoms with Gasteiger partial charge in [0.25, 0.3) is 0 Å². The maximum absolute atomic E-state index is 5.95. The third-order valence-electron chi connectivity index (χ3n) is 9.59. The molecule has 50 heavy (non-hydrogen) atoms. The van der Waals surface area contributed by atoms with Gasteiger partial charge in [-0.3, -0.25) is 0 Å².